The maximum absolute atomic E-state index is 12.3. The standard InChI is InChI=1S/C15H19N3O2/c1-11-6-7-13(12(9-11)5-4-8-16)15(20)18(3)10-14(19)17-2/h6-7,9H,8,10,16H2,1-3H3,(H,17,19). The van der Waals surface area contributed by atoms with Crippen molar-refractivity contribution < 1.29 is 9.59 Å². The first-order valence-electron chi connectivity index (χ1n) is 6.25. The SMILES string of the molecule is CNC(=O)CN(C)C(=O)c1ccc(C)cc1C#CCN. The molecule has 0 fully saturated rings. The third-order valence-electron chi connectivity index (χ3n) is 2.74. The summed E-state index contributed by atoms with van der Waals surface area (Å²) in [6.07, 6.45) is 0. The molecular weight excluding hydrogens is 254 g/mol. The molecule has 0 saturated heterocycles. The highest BCUT2D eigenvalue weighted by atomic mass is 16.2. The Morgan fingerprint density at radius 1 is 1.40 bits per heavy atom. The third kappa shape index (κ3) is 4.11. The minimum absolute atomic E-state index is 0.00691. The summed E-state index contributed by atoms with van der Waals surface area (Å²) in [5.41, 5.74) is 7.48. The van der Waals surface area contributed by atoms with Crippen LogP contribution in [0, 0.1) is 18.8 Å². The maximum atomic E-state index is 12.3. The molecule has 0 heterocycles. The fourth-order valence-electron chi connectivity index (χ4n) is 1.67. The van der Waals surface area contributed by atoms with Crippen molar-refractivity contribution in [3.05, 3.63) is 34.9 Å². The van der Waals surface area contributed by atoms with Crippen molar-refractivity contribution in [2.24, 2.45) is 5.73 Å². The molecule has 1 rings (SSSR count). The van der Waals surface area contributed by atoms with E-state index in [1.54, 1.807) is 13.1 Å². The summed E-state index contributed by atoms with van der Waals surface area (Å²) in [6, 6.07) is 5.40. The highest BCUT2D eigenvalue weighted by Crippen LogP contribution is 2.13. The number of carbonyl (C=O) groups excluding carboxylic acids is 2. The largest absolute Gasteiger partial charge is 0.358 e. The molecule has 3 N–H and O–H groups in total. The van der Waals surface area contributed by atoms with Crippen LogP contribution in [0.5, 0.6) is 0 Å². The predicted octanol–water partition coefficient (Wildman–Crippen LogP) is 0.123. The summed E-state index contributed by atoms with van der Waals surface area (Å²) in [7, 11) is 3.11. The second-order valence-corrected chi connectivity index (χ2v) is 4.39. The van der Waals surface area contributed by atoms with Gasteiger partial charge < -0.3 is 16.0 Å². The fourth-order valence-corrected chi connectivity index (χ4v) is 1.67. The van der Waals surface area contributed by atoms with Gasteiger partial charge in [-0.05, 0) is 24.6 Å². The topological polar surface area (TPSA) is 75.4 Å². The molecule has 5 nitrogen and oxygen atoms in total. The van der Waals surface area contributed by atoms with E-state index >= 15 is 0 Å². The second kappa shape index (κ2) is 7.31. The summed E-state index contributed by atoms with van der Waals surface area (Å²) in [5.74, 6) is 5.18. The summed E-state index contributed by atoms with van der Waals surface area (Å²) < 4.78 is 0. The molecule has 0 unspecified atom stereocenters. The molecule has 0 bridgehead atoms. The van der Waals surface area contributed by atoms with Crippen LogP contribution in [0.25, 0.3) is 0 Å². The number of nitrogens with one attached hydrogen (secondary N) is 1. The number of benzene rings is 1. The van der Waals surface area contributed by atoms with E-state index in [4.69, 9.17) is 5.73 Å². The van der Waals surface area contributed by atoms with Crippen LogP contribution < -0.4 is 11.1 Å². The zero-order chi connectivity index (χ0) is 15.1. The molecule has 0 aliphatic rings. The van der Waals surface area contributed by atoms with E-state index in [2.05, 4.69) is 17.2 Å². The van der Waals surface area contributed by atoms with Gasteiger partial charge in [0.2, 0.25) is 5.91 Å². The molecule has 0 aliphatic heterocycles. The number of likely N-dealkylation sites (N-methyl/N-ethyl adjacent to an activating group) is 2. The number of nitrogens with zero attached hydrogens (tertiary/aromatic N) is 1. The Bertz CT molecular complexity index is 570. The van der Waals surface area contributed by atoms with Crippen LogP contribution in [-0.4, -0.2) is 43.9 Å². The van der Waals surface area contributed by atoms with E-state index in [9.17, 15) is 9.59 Å². The van der Waals surface area contributed by atoms with Gasteiger partial charge in [0.25, 0.3) is 5.91 Å². The van der Waals surface area contributed by atoms with Crippen molar-refractivity contribution in [3.8, 4) is 11.8 Å². The van der Waals surface area contributed by atoms with Crippen molar-refractivity contribution in [1.29, 1.82) is 0 Å². The lowest BCUT2D eigenvalue weighted by Gasteiger charge is -2.17. The summed E-state index contributed by atoms with van der Waals surface area (Å²) in [5, 5.41) is 2.48. The van der Waals surface area contributed by atoms with Crippen LogP contribution in [0.2, 0.25) is 0 Å². The molecule has 0 atom stereocenters. The monoisotopic (exact) mass is 273 g/mol. The zero-order valence-corrected chi connectivity index (χ0v) is 12.0. The Kier molecular flexibility index (Phi) is 5.75. The Labute approximate surface area is 119 Å². The Morgan fingerprint density at radius 3 is 2.70 bits per heavy atom. The first kappa shape index (κ1) is 15.7. The lowest BCUT2D eigenvalue weighted by Crippen LogP contribution is -2.37. The van der Waals surface area contributed by atoms with Crippen molar-refractivity contribution in [3.63, 3.8) is 0 Å². The van der Waals surface area contributed by atoms with E-state index in [0.29, 0.717) is 11.1 Å². The quantitative estimate of drug-likeness (QED) is 0.768. The van der Waals surface area contributed by atoms with E-state index in [0.717, 1.165) is 5.56 Å². The normalized spacial score (nSPS) is 9.40. The van der Waals surface area contributed by atoms with Gasteiger partial charge in [-0.25, -0.2) is 0 Å². The molecule has 1 aromatic rings. The van der Waals surface area contributed by atoms with Crippen LogP contribution in [0.15, 0.2) is 18.2 Å². The smallest absolute Gasteiger partial charge is 0.255 e. The number of aryl methyl sites for hydroxylation is 1. The van der Waals surface area contributed by atoms with E-state index in [-0.39, 0.29) is 24.9 Å². The van der Waals surface area contributed by atoms with Crippen molar-refractivity contribution >= 4 is 11.8 Å². The Balaban J connectivity index is 3.05. The molecule has 106 valence electrons. The Morgan fingerprint density at radius 2 is 2.10 bits per heavy atom. The average Bonchev–Trinajstić information content (AvgIpc) is 2.44. The number of hydrogen-bond donors (Lipinski definition) is 2. The van der Waals surface area contributed by atoms with Gasteiger partial charge in [-0.3, -0.25) is 9.59 Å². The van der Waals surface area contributed by atoms with Gasteiger partial charge in [-0.1, -0.05) is 17.9 Å². The molecular formula is C15H19N3O2. The van der Waals surface area contributed by atoms with Crippen LogP contribution in [0.4, 0.5) is 0 Å². The van der Waals surface area contributed by atoms with Crippen LogP contribution >= 0.6 is 0 Å². The fraction of sp³-hybridized carbons (Fsp3) is 0.333. The zero-order valence-electron chi connectivity index (χ0n) is 12.0. The van der Waals surface area contributed by atoms with Crippen molar-refractivity contribution in [2.75, 3.05) is 27.2 Å². The minimum atomic E-state index is -0.241. The van der Waals surface area contributed by atoms with Crippen LogP contribution in [0.1, 0.15) is 21.5 Å². The number of amides is 2. The van der Waals surface area contributed by atoms with Gasteiger partial charge in [-0.15, -0.1) is 0 Å². The Hall–Kier alpha value is -2.32. The lowest BCUT2D eigenvalue weighted by atomic mass is 10.0. The van der Waals surface area contributed by atoms with Crippen molar-refractivity contribution in [1.82, 2.24) is 10.2 Å². The molecule has 2 amide bonds. The third-order valence-corrected chi connectivity index (χ3v) is 2.74. The van der Waals surface area contributed by atoms with Gasteiger partial charge in [0, 0.05) is 19.7 Å². The first-order valence-corrected chi connectivity index (χ1v) is 6.25. The molecule has 0 aromatic heterocycles. The molecule has 1 aromatic carbocycles. The van der Waals surface area contributed by atoms with Gasteiger partial charge in [0.1, 0.15) is 0 Å². The summed E-state index contributed by atoms with van der Waals surface area (Å²) in [6.45, 7) is 2.17. The van der Waals surface area contributed by atoms with Gasteiger partial charge >= 0.3 is 0 Å². The lowest BCUT2D eigenvalue weighted by molar-refractivity contribution is -0.121. The maximum Gasteiger partial charge on any atom is 0.255 e. The van der Waals surface area contributed by atoms with Crippen LogP contribution in [-0.2, 0) is 4.79 Å². The van der Waals surface area contributed by atoms with Crippen LogP contribution in [0.3, 0.4) is 0 Å². The van der Waals surface area contributed by atoms with E-state index < -0.39 is 0 Å². The second-order valence-electron chi connectivity index (χ2n) is 4.39. The molecule has 0 spiro atoms. The van der Waals surface area contributed by atoms with Gasteiger partial charge in [0.15, 0.2) is 0 Å². The number of rotatable bonds is 3. The molecule has 5 heteroatoms. The van der Waals surface area contributed by atoms with Gasteiger partial charge in [-0.2, -0.15) is 0 Å². The first-order chi connectivity index (χ1) is 9.49. The molecule has 20 heavy (non-hydrogen) atoms. The number of hydrogen-bond acceptors (Lipinski definition) is 3. The highest BCUT2D eigenvalue weighted by Gasteiger charge is 2.17. The number of carbonyl (C=O) groups is 2. The molecule has 0 saturated carbocycles. The minimum Gasteiger partial charge on any atom is -0.358 e. The molecule has 0 radical (unpaired) electrons. The number of nitrogens with two attached hydrogens (primary N) is 1. The van der Waals surface area contributed by atoms with Gasteiger partial charge in [0.05, 0.1) is 18.7 Å². The van der Waals surface area contributed by atoms with E-state index in [1.807, 2.05) is 19.1 Å². The molecule has 0 aliphatic carbocycles. The van der Waals surface area contributed by atoms with Crippen molar-refractivity contribution in [2.45, 2.75) is 6.92 Å². The summed E-state index contributed by atoms with van der Waals surface area (Å²) >= 11 is 0. The highest BCUT2D eigenvalue weighted by molar-refractivity contribution is 5.98. The van der Waals surface area contributed by atoms with E-state index in [1.165, 1.54) is 11.9 Å². The summed E-state index contributed by atoms with van der Waals surface area (Å²) in [4.78, 5) is 25.0. The predicted molar refractivity (Wildman–Crippen MR) is 78.1 cm³/mol. The average molecular weight is 273 g/mol.